The topological polar surface area (TPSA) is 90.5 Å². The number of carbonyl (C=O) groups excluding carboxylic acids is 3. The van der Waals surface area contributed by atoms with Crippen LogP contribution in [0.4, 0.5) is 0 Å². The van der Waals surface area contributed by atoms with Gasteiger partial charge in [-0.15, -0.1) is 23.1 Å². The van der Waals surface area contributed by atoms with Crippen LogP contribution in [0.5, 0.6) is 0 Å². The van der Waals surface area contributed by atoms with E-state index in [0.717, 1.165) is 4.88 Å². The maximum absolute atomic E-state index is 12.1. The maximum atomic E-state index is 12.1. The van der Waals surface area contributed by atoms with E-state index in [0.29, 0.717) is 19.6 Å². The fourth-order valence-electron chi connectivity index (χ4n) is 2.68. The fraction of sp³-hybridized carbons (Fsp3) is 0.588. The van der Waals surface area contributed by atoms with Crippen LogP contribution < -0.4 is 16.0 Å². The van der Waals surface area contributed by atoms with Crippen LogP contribution in [0.2, 0.25) is 0 Å². The zero-order chi connectivity index (χ0) is 18.9. The predicted molar refractivity (Wildman–Crippen MR) is 105 cm³/mol. The lowest BCUT2D eigenvalue weighted by Gasteiger charge is -2.31. The average molecular weight is 399 g/mol. The summed E-state index contributed by atoms with van der Waals surface area (Å²) in [6, 6.07) is 3.69. The van der Waals surface area contributed by atoms with Gasteiger partial charge in [-0.2, -0.15) is 0 Å². The van der Waals surface area contributed by atoms with Crippen molar-refractivity contribution in [3.8, 4) is 0 Å². The van der Waals surface area contributed by atoms with Gasteiger partial charge in [0.1, 0.15) is 5.50 Å². The molecular weight excluding hydrogens is 372 g/mol. The number of thiophene rings is 1. The molecule has 0 spiro atoms. The Morgan fingerprint density at radius 3 is 2.81 bits per heavy atom. The minimum Gasteiger partial charge on any atom is -0.351 e. The Morgan fingerprint density at radius 2 is 2.15 bits per heavy atom. The molecule has 26 heavy (non-hydrogen) atoms. The Morgan fingerprint density at radius 1 is 1.38 bits per heavy atom. The molecule has 0 bridgehead atoms. The number of hydrogen-bond donors (Lipinski definition) is 3. The van der Waals surface area contributed by atoms with E-state index in [1.807, 2.05) is 31.4 Å². The van der Waals surface area contributed by atoms with Crippen molar-refractivity contribution >= 4 is 40.8 Å². The molecule has 2 heterocycles. The van der Waals surface area contributed by atoms with Crippen LogP contribution in [0.3, 0.4) is 0 Å². The molecule has 2 atom stereocenters. The van der Waals surface area contributed by atoms with Crippen molar-refractivity contribution in [2.24, 2.45) is 0 Å². The van der Waals surface area contributed by atoms with E-state index in [4.69, 9.17) is 0 Å². The minimum absolute atomic E-state index is 0.0480. The Hall–Kier alpha value is -1.58. The number of rotatable bonds is 9. The number of thioether (sulfide) groups is 1. The molecule has 3 N–H and O–H groups in total. The lowest BCUT2D eigenvalue weighted by atomic mass is 10.1. The van der Waals surface area contributed by atoms with E-state index in [-0.39, 0.29) is 47.9 Å². The van der Waals surface area contributed by atoms with Gasteiger partial charge >= 0.3 is 0 Å². The number of hydrogen-bond acceptors (Lipinski definition) is 6. The summed E-state index contributed by atoms with van der Waals surface area (Å²) >= 11 is 2.94. The lowest BCUT2D eigenvalue weighted by Crippen LogP contribution is -2.56. The van der Waals surface area contributed by atoms with E-state index in [9.17, 15) is 14.4 Å². The van der Waals surface area contributed by atoms with Gasteiger partial charge in [0, 0.05) is 36.9 Å². The summed E-state index contributed by atoms with van der Waals surface area (Å²) < 4.78 is 0. The second kappa shape index (κ2) is 10.5. The number of carbonyl (C=O) groups is 3. The van der Waals surface area contributed by atoms with E-state index >= 15 is 0 Å². The molecule has 144 valence electrons. The summed E-state index contributed by atoms with van der Waals surface area (Å²) in [5, 5.41) is 10.9. The molecule has 2 unspecified atom stereocenters. The van der Waals surface area contributed by atoms with E-state index in [1.54, 1.807) is 16.2 Å². The Bertz CT molecular complexity index is 605. The second-order valence-electron chi connectivity index (χ2n) is 5.95. The summed E-state index contributed by atoms with van der Waals surface area (Å²) in [6.07, 6.45) is 0.493. The van der Waals surface area contributed by atoms with Gasteiger partial charge in [0.2, 0.25) is 17.7 Å². The molecule has 3 amide bonds. The normalized spacial score (nSPS) is 19.7. The van der Waals surface area contributed by atoms with E-state index in [2.05, 4.69) is 16.0 Å². The van der Waals surface area contributed by atoms with Crippen molar-refractivity contribution in [2.45, 2.75) is 44.8 Å². The van der Waals surface area contributed by atoms with Gasteiger partial charge in [0.25, 0.3) is 0 Å². The lowest BCUT2D eigenvalue weighted by molar-refractivity contribution is -0.128. The third kappa shape index (κ3) is 6.62. The van der Waals surface area contributed by atoms with Crippen molar-refractivity contribution < 1.29 is 14.4 Å². The van der Waals surface area contributed by atoms with Crippen LogP contribution in [0, 0.1) is 0 Å². The van der Waals surface area contributed by atoms with Gasteiger partial charge in [0.15, 0.2) is 0 Å². The van der Waals surface area contributed by atoms with Crippen LogP contribution in [0.1, 0.15) is 31.6 Å². The monoisotopic (exact) mass is 398 g/mol. The summed E-state index contributed by atoms with van der Waals surface area (Å²) in [4.78, 5) is 39.0. The van der Waals surface area contributed by atoms with Gasteiger partial charge in [0.05, 0.1) is 12.3 Å². The highest BCUT2D eigenvalue weighted by atomic mass is 32.2. The second-order valence-corrected chi connectivity index (χ2v) is 8.08. The third-order valence-electron chi connectivity index (χ3n) is 4.07. The van der Waals surface area contributed by atoms with Gasteiger partial charge in [-0.05, 0) is 25.3 Å². The SMILES string of the molecule is CCN(CC)C(=O)CSC1NC(=O)CC(CC(=O)NCc2cccs2)N1. The highest BCUT2D eigenvalue weighted by Crippen LogP contribution is 2.15. The molecule has 1 aromatic rings. The summed E-state index contributed by atoms with van der Waals surface area (Å²) in [7, 11) is 0. The zero-order valence-electron chi connectivity index (χ0n) is 15.1. The van der Waals surface area contributed by atoms with E-state index in [1.165, 1.54) is 11.8 Å². The Balaban J connectivity index is 1.76. The van der Waals surface area contributed by atoms with Gasteiger partial charge < -0.3 is 15.5 Å². The molecule has 0 aromatic carbocycles. The molecule has 7 nitrogen and oxygen atoms in total. The molecule has 1 fully saturated rings. The highest BCUT2D eigenvalue weighted by Gasteiger charge is 2.28. The minimum atomic E-state index is -0.356. The first-order valence-electron chi connectivity index (χ1n) is 8.75. The standard InChI is InChI=1S/C17H26N4O3S2/c1-3-21(4-2)16(24)11-26-17-19-12(9-15(23)20-17)8-14(22)18-10-13-6-5-7-25-13/h5-7,12,17,19H,3-4,8-11H2,1-2H3,(H,18,22)(H,20,23). The first kappa shape index (κ1) is 20.7. The molecule has 1 aliphatic heterocycles. The molecular formula is C17H26N4O3S2. The van der Waals surface area contributed by atoms with Gasteiger partial charge in [-0.1, -0.05) is 6.07 Å². The van der Waals surface area contributed by atoms with Gasteiger partial charge in [-0.25, -0.2) is 0 Å². The van der Waals surface area contributed by atoms with Crippen molar-refractivity contribution in [1.29, 1.82) is 0 Å². The summed E-state index contributed by atoms with van der Waals surface area (Å²) in [6.45, 7) is 5.74. The van der Waals surface area contributed by atoms with Crippen LogP contribution in [-0.2, 0) is 20.9 Å². The number of nitrogens with one attached hydrogen (secondary N) is 3. The van der Waals surface area contributed by atoms with Crippen LogP contribution in [0.25, 0.3) is 0 Å². The van der Waals surface area contributed by atoms with Crippen molar-refractivity contribution in [3.05, 3.63) is 22.4 Å². The first-order valence-corrected chi connectivity index (χ1v) is 10.7. The number of nitrogens with zero attached hydrogens (tertiary/aromatic N) is 1. The molecule has 9 heteroatoms. The summed E-state index contributed by atoms with van der Waals surface area (Å²) in [5.74, 6) is 0.143. The van der Waals surface area contributed by atoms with Crippen molar-refractivity contribution in [2.75, 3.05) is 18.8 Å². The molecule has 2 rings (SSSR count). The first-order chi connectivity index (χ1) is 12.5. The van der Waals surface area contributed by atoms with Crippen LogP contribution in [0.15, 0.2) is 17.5 Å². The highest BCUT2D eigenvalue weighted by molar-refractivity contribution is 8.00. The Labute approximate surface area is 162 Å². The Kier molecular flexibility index (Phi) is 8.40. The fourth-order valence-corrected chi connectivity index (χ4v) is 4.32. The third-order valence-corrected chi connectivity index (χ3v) is 5.95. The predicted octanol–water partition coefficient (Wildman–Crippen LogP) is 1.12. The number of amides is 3. The van der Waals surface area contributed by atoms with Crippen molar-refractivity contribution in [1.82, 2.24) is 20.9 Å². The summed E-state index contributed by atoms with van der Waals surface area (Å²) in [5.41, 5.74) is -0.356. The molecule has 0 saturated carbocycles. The van der Waals surface area contributed by atoms with Crippen LogP contribution >= 0.6 is 23.1 Å². The smallest absolute Gasteiger partial charge is 0.232 e. The van der Waals surface area contributed by atoms with Crippen molar-refractivity contribution in [3.63, 3.8) is 0 Å². The molecule has 1 aromatic heterocycles. The molecule has 0 radical (unpaired) electrons. The van der Waals surface area contributed by atoms with Gasteiger partial charge in [-0.3, -0.25) is 19.7 Å². The average Bonchev–Trinajstić information content (AvgIpc) is 3.12. The quantitative estimate of drug-likeness (QED) is 0.580. The van der Waals surface area contributed by atoms with E-state index < -0.39 is 0 Å². The zero-order valence-corrected chi connectivity index (χ0v) is 16.8. The maximum Gasteiger partial charge on any atom is 0.232 e. The molecule has 0 aliphatic carbocycles. The molecule has 1 aliphatic rings. The molecule has 1 saturated heterocycles. The van der Waals surface area contributed by atoms with Crippen LogP contribution in [-0.4, -0.2) is 53.0 Å². The largest absolute Gasteiger partial charge is 0.351 e.